The maximum atomic E-state index is 12.6. The molecule has 0 aromatic heterocycles. The predicted octanol–water partition coefficient (Wildman–Crippen LogP) is -0.719. The third-order valence-corrected chi connectivity index (χ3v) is 5.79. The molecule has 1 unspecified atom stereocenters. The molecular weight excluding hydrogens is 314 g/mol. The number of aliphatic carboxylic acids is 1. The molecule has 9 heteroatoms. The number of nitrogens with zero attached hydrogens (tertiary/aromatic N) is 1. The van der Waals surface area contributed by atoms with Crippen LogP contribution in [0.5, 0.6) is 0 Å². The summed E-state index contributed by atoms with van der Waals surface area (Å²) >= 11 is 0. The monoisotopic (exact) mass is 335 g/mol. The molecule has 0 aromatic rings. The Bertz CT molecular complexity index is 533. The Labute approximate surface area is 129 Å². The van der Waals surface area contributed by atoms with Crippen molar-refractivity contribution < 1.29 is 32.6 Å². The van der Waals surface area contributed by atoms with Gasteiger partial charge in [0.15, 0.2) is 15.9 Å². The molecule has 1 N–H and O–H groups in total. The molecule has 2 saturated heterocycles. The molecule has 2 aliphatic heterocycles. The van der Waals surface area contributed by atoms with Crippen LogP contribution in [0.2, 0.25) is 0 Å². The largest absolute Gasteiger partial charge is 0.479 e. The van der Waals surface area contributed by atoms with Crippen LogP contribution in [-0.4, -0.2) is 80.3 Å². The topological polar surface area (TPSA) is 110 Å². The first kappa shape index (κ1) is 17.2. The average molecular weight is 335 g/mol. The van der Waals surface area contributed by atoms with Crippen molar-refractivity contribution in [2.75, 3.05) is 31.8 Å². The number of carboxylic acid groups (broad SMARTS) is 1. The molecule has 0 radical (unpaired) electrons. The average Bonchev–Trinajstić information content (AvgIpc) is 3.06. The maximum absolute atomic E-state index is 12.6. The second-order valence-electron chi connectivity index (χ2n) is 5.61. The highest BCUT2D eigenvalue weighted by Crippen LogP contribution is 2.25. The van der Waals surface area contributed by atoms with Crippen LogP contribution in [0.1, 0.15) is 19.3 Å². The molecule has 0 aliphatic carbocycles. The number of methoxy groups -OCH3 is 1. The number of ether oxygens (including phenoxy) is 2. The van der Waals surface area contributed by atoms with Gasteiger partial charge in [-0.3, -0.25) is 4.79 Å². The third-order valence-electron chi connectivity index (χ3n) is 4.04. The highest BCUT2D eigenvalue weighted by molar-refractivity contribution is 7.91. The van der Waals surface area contributed by atoms with Gasteiger partial charge in [-0.1, -0.05) is 0 Å². The zero-order valence-corrected chi connectivity index (χ0v) is 13.3. The smallest absolute Gasteiger partial charge is 0.332 e. The fraction of sp³-hybridized carbons (Fsp3) is 0.846. The number of sulfone groups is 1. The Morgan fingerprint density at radius 1 is 1.27 bits per heavy atom. The fourth-order valence-corrected chi connectivity index (χ4v) is 4.60. The first-order chi connectivity index (χ1) is 10.3. The number of hydrogen-bond donors (Lipinski definition) is 1. The van der Waals surface area contributed by atoms with Crippen LogP contribution in [0.4, 0.5) is 0 Å². The molecular formula is C13H21NO7S. The molecule has 2 fully saturated rings. The first-order valence-electron chi connectivity index (χ1n) is 7.22. The second-order valence-corrected chi connectivity index (χ2v) is 7.84. The van der Waals surface area contributed by atoms with Crippen molar-refractivity contribution in [3.63, 3.8) is 0 Å². The molecule has 0 saturated carbocycles. The van der Waals surface area contributed by atoms with Crippen LogP contribution in [0.25, 0.3) is 0 Å². The summed E-state index contributed by atoms with van der Waals surface area (Å²) in [6.45, 7) is 0.560. The number of hydrogen-bond acceptors (Lipinski definition) is 6. The van der Waals surface area contributed by atoms with E-state index in [9.17, 15) is 18.0 Å². The molecule has 22 heavy (non-hydrogen) atoms. The minimum atomic E-state index is -3.12. The van der Waals surface area contributed by atoms with Gasteiger partial charge >= 0.3 is 5.97 Å². The van der Waals surface area contributed by atoms with E-state index in [1.54, 1.807) is 0 Å². The Balaban J connectivity index is 2.05. The summed E-state index contributed by atoms with van der Waals surface area (Å²) in [6, 6.07) is -0.389. The highest BCUT2D eigenvalue weighted by atomic mass is 32.2. The van der Waals surface area contributed by atoms with Crippen LogP contribution in [-0.2, 0) is 28.9 Å². The van der Waals surface area contributed by atoms with E-state index < -0.39 is 28.0 Å². The van der Waals surface area contributed by atoms with E-state index in [-0.39, 0.29) is 43.0 Å². The second kappa shape index (κ2) is 6.93. The lowest BCUT2D eigenvalue weighted by atomic mass is 10.1. The molecule has 0 aromatic carbocycles. The van der Waals surface area contributed by atoms with E-state index in [4.69, 9.17) is 14.6 Å². The van der Waals surface area contributed by atoms with Crippen molar-refractivity contribution in [2.45, 2.75) is 37.5 Å². The number of amides is 1. The quantitative estimate of drug-likeness (QED) is 0.682. The summed E-state index contributed by atoms with van der Waals surface area (Å²) in [5.74, 6) is -1.42. The Hall–Kier alpha value is -1.19. The van der Waals surface area contributed by atoms with E-state index >= 15 is 0 Å². The van der Waals surface area contributed by atoms with E-state index in [1.165, 1.54) is 12.0 Å². The van der Waals surface area contributed by atoms with Crippen molar-refractivity contribution in [2.24, 2.45) is 0 Å². The molecule has 2 aliphatic rings. The summed E-state index contributed by atoms with van der Waals surface area (Å²) < 4.78 is 33.5. The van der Waals surface area contributed by atoms with Crippen molar-refractivity contribution in [1.29, 1.82) is 0 Å². The van der Waals surface area contributed by atoms with E-state index in [0.29, 0.717) is 12.8 Å². The van der Waals surface area contributed by atoms with Gasteiger partial charge in [-0.15, -0.1) is 0 Å². The normalized spacial score (nSPS) is 30.3. The molecule has 126 valence electrons. The summed E-state index contributed by atoms with van der Waals surface area (Å²) in [7, 11) is -1.62. The summed E-state index contributed by atoms with van der Waals surface area (Å²) in [5.41, 5.74) is 0. The Morgan fingerprint density at radius 3 is 2.45 bits per heavy atom. The zero-order chi connectivity index (χ0) is 16.3. The molecule has 1 amide bonds. The van der Waals surface area contributed by atoms with Crippen LogP contribution in [0.15, 0.2) is 0 Å². The summed E-state index contributed by atoms with van der Waals surface area (Å²) in [6.07, 6.45) is -0.773. The van der Waals surface area contributed by atoms with Crippen molar-refractivity contribution in [3.05, 3.63) is 0 Å². The number of carboxylic acids is 1. The molecule has 0 spiro atoms. The van der Waals surface area contributed by atoms with Crippen LogP contribution >= 0.6 is 0 Å². The fourth-order valence-electron chi connectivity index (χ4n) is 2.87. The summed E-state index contributed by atoms with van der Waals surface area (Å²) in [5, 5.41) is 8.92. The van der Waals surface area contributed by atoms with Gasteiger partial charge in [-0.2, -0.15) is 0 Å². The summed E-state index contributed by atoms with van der Waals surface area (Å²) in [4.78, 5) is 25.0. The minimum Gasteiger partial charge on any atom is -0.479 e. The lowest BCUT2D eigenvalue weighted by Gasteiger charge is -2.30. The first-order valence-corrected chi connectivity index (χ1v) is 9.04. The van der Waals surface area contributed by atoms with Gasteiger partial charge in [-0.25, -0.2) is 13.2 Å². The lowest BCUT2D eigenvalue weighted by molar-refractivity contribution is -0.155. The minimum absolute atomic E-state index is 0.0580. The third kappa shape index (κ3) is 3.96. The number of rotatable bonds is 6. The van der Waals surface area contributed by atoms with Gasteiger partial charge in [0.05, 0.1) is 18.1 Å². The van der Waals surface area contributed by atoms with E-state index in [2.05, 4.69) is 0 Å². The maximum Gasteiger partial charge on any atom is 0.332 e. The highest BCUT2D eigenvalue weighted by Gasteiger charge is 2.41. The van der Waals surface area contributed by atoms with Crippen molar-refractivity contribution in [1.82, 2.24) is 4.90 Å². The van der Waals surface area contributed by atoms with Gasteiger partial charge < -0.3 is 19.5 Å². The van der Waals surface area contributed by atoms with Gasteiger partial charge in [0, 0.05) is 19.7 Å². The van der Waals surface area contributed by atoms with E-state index in [0.717, 1.165) is 0 Å². The number of carbonyl (C=O) groups is 2. The van der Waals surface area contributed by atoms with Gasteiger partial charge in [0.25, 0.3) is 5.91 Å². The van der Waals surface area contributed by atoms with Crippen LogP contribution < -0.4 is 0 Å². The molecule has 0 bridgehead atoms. The van der Waals surface area contributed by atoms with Gasteiger partial charge in [-0.05, 0) is 19.3 Å². The van der Waals surface area contributed by atoms with Crippen molar-refractivity contribution >= 4 is 21.7 Å². The van der Waals surface area contributed by atoms with Crippen LogP contribution in [0.3, 0.4) is 0 Å². The molecule has 3 atom stereocenters. The SMILES string of the molecule is COCCN(C(=O)[C@@H]1CC[C@H](C(=O)O)O1)C1CCS(=O)(=O)C1. The van der Waals surface area contributed by atoms with Crippen LogP contribution in [0, 0.1) is 0 Å². The Morgan fingerprint density at radius 2 is 1.95 bits per heavy atom. The predicted molar refractivity (Wildman–Crippen MR) is 76.2 cm³/mol. The standard InChI is InChI=1S/C13H21NO7S/c1-20-6-5-14(9-4-7-22(18,19)8-9)12(15)10-2-3-11(21-10)13(16)17/h9-11H,2-8H2,1H3,(H,16,17)/t9?,10-,11+/m0/s1. The number of carbonyl (C=O) groups excluding carboxylic acids is 1. The Kier molecular flexibility index (Phi) is 5.41. The zero-order valence-electron chi connectivity index (χ0n) is 12.4. The van der Waals surface area contributed by atoms with Gasteiger partial charge in [0.2, 0.25) is 0 Å². The molecule has 8 nitrogen and oxygen atoms in total. The molecule has 2 heterocycles. The van der Waals surface area contributed by atoms with E-state index in [1.807, 2.05) is 0 Å². The van der Waals surface area contributed by atoms with Crippen molar-refractivity contribution in [3.8, 4) is 0 Å². The molecule has 2 rings (SSSR count). The lowest BCUT2D eigenvalue weighted by Crippen LogP contribution is -2.47. The van der Waals surface area contributed by atoms with Gasteiger partial charge in [0.1, 0.15) is 6.10 Å².